The van der Waals surface area contributed by atoms with E-state index in [0.29, 0.717) is 5.69 Å². The first-order valence-electron chi connectivity index (χ1n) is 3.31. The molecule has 1 unspecified atom stereocenters. The highest BCUT2D eigenvalue weighted by Gasteiger charge is 1.99. The van der Waals surface area contributed by atoms with Crippen molar-refractivity contribution in [3.63, 3.8) is 0 Å². The lowest BCUT2D eigenvalue weighted by molar-refractivity contribution is 0.855. The molecular formula is C8H10N2O. The van der Waals surface area contributed by atoms with Crippen LogP contribution in [0.1, 0.15) is 11.7 Å². The molecule has 0 aliphatic carbocycles. The second-order valence-electron chi connectivity index (χ2n) is 2.23. The van der Waals surface area contributed by atoms with Crippen molar-refractivity contribution in [2.75, 3.05) is 0 Å². The van der Waals surface area contributed by atoms with Gasteiger partial charge in [0.15, 0.2) is 0 Å². The summed E-state index contributed by atoms with van der Waals surface area (Å²) in [6.45, 7) is 3.52. The van der Waals surface area contributed by atoms with Crippen molar-refractivity contribution in [1.29, 1.82) is 0 Å². The molecule has 11 heavy (non-hydrogen) atoms. The largest absolute Gasteiger partial charge is 0.324 e. The highest BCUT2D eigenvalue weighted by Crippen LogP contribution is 2.03. The molecule has 0 saturated heterocycles. The number of rotatable bonds is 2. The fourth-order valence-electron chi connectivity index (χ4n) is 0.786. The Balaban J connectivity index is 3.05. The van der Waals surface area contributed by atoms with Gasteiger partial charge in [-0.15, -0.1) is 6.58 Å². The van der Waals surface area contributed by atoms with Gasteiger partial charge in [0.25, 0.3) is 0 Å². The van der Waals surface area contributed by atoms with Crippen molar-refractivity contribution < 1.29 is 0 Å². The van der Waals surface area contributed by atoms with E-state index in [-0.39, 0.29) is 11.6 Å². The van der Waals surface area contributed by atoms with Crippen LogP contribution in [-0.4, -0.2) is 4.98 Å². The summed E-state index contributed by atoms with van der Waals surface area (Å²) in [6, 6.07) is 4.58. The first kappa shape index (κ1) is 7.75. The first-order valence-corrected chi connectivity index (χ1v) is 3.31. The van der Waals surface area contributed by atoms with Gasteiger partial charge in [0.2, 0.25) is 5.56 Å². The van der Waals surface area contributed by atoms with E-state index in [9.17, 15) is 4.79 Å². The van der Waals surface area contributed by atoms with Gasteiger partial charge in [0.1, 0.15) is 0 Å². The van der Waals surface area contributed by atoms with E-state index in [2.05, 4.69) is 11.6 Å². The zero-order chi connectivity index (χ0) is 8.27. The van der Waals surface area contributed by atoms with Crippen LogP contribution in [0.2, 0.25) is 0 Å². The molecule has 1 rings (SSSR count). The molecule has 0 saturated carbocycles. The highest BCUT2D eigenvalue weighted by atomic mass is 16.1. The monoisotopic (exact) mass is 150 g/mol. The normalized spacial score (nSPS) is 12.5. The summed E-state index contributed by atoms with van der Waals surface area (Å²) in [5, 5.41) is 0. The first-order chi connectivity index (χ1) is 5.24. The lowest BCUT2D eigenvalue weighted by atomic mass is 10.2. The third-order valence-corrected chi connectivity index (χ3v) is 1.40. The Hall–Kier alpha value is -1.35. The Kier molecular flexibility index (Phi) is 2.23. The van der Waals surface area contributed by atoms with Crippen LogP contribution in [0, 0.1) is 0 Å². The maximum Gasteiger partial charge on any atom is 0.248 e. The summed E-state index contributed by atoms with van der Waals surface area (Å²) in [5.41, 5.74) is 6.12. The smallest absolute Gasteiger partial charge is 0.248 e. The van der Waals surface area contributed by atoms with Crippen LogP contribution in [0.3, 0.4) is 0 Å². The van der Waals surface area contributed by atoms with Crippen LogP contribution in [-0.2, 0) is 0 Å². The fourth-order valence-corrected chi connectivity index (χ4v) is 0.786. The number of pyridine rings is 1. The molecular weight excluding hydrogens is 140 g/mol. The van der Waals surface area contributed by atoms with Gasteiger partial charge < -0.3 is 10.7 Å². The lowest BCUT2D eigenvalue weighted by Crippen LogP contribution is -2.14. The van der Waals surface area contributed by atoms with E-state index >= 15 is 0 Å². The van der Waals surface area contributed by atoms with Gasteiger partial charge in [-0.05, 0) is 6.07 Å². The fraction of sp³-hybridized carbons (Fsp3) is 0.125. The Morgan fingerprint density at radius 3 is 2.91 bits per heavy atom. The second kappa shape index (κ2) is 3.16. The van der Waals surface area contributed by atoms with Crippen LogP contribution < -0.4 is 11.3 Å². The third kappa shape index (κ3) is 1.78. The molecule has 1 atom stereocenters. The maximum absolute atomic E-state index is 10.8. The molecule has 0 radical (unpaired) electrons. The van der Waals surface area contributed by atoms with E-state index in [4.69, 9.17) is 5.73 Å². The molecule has 0 aliphatic rings. The summed E-state index contributed by atoms with van der Waals surface area (Å²) >= 11 is 0. The average molecular weight is 150 g/mol. The number of hydrogen-bond donors (Lipinski definition) is 2. The average Bonchev–Trinajstić information content (AvgIpc) is 2.03. The van der Waals surface area contributed by atoms with Gasteiger partial charge in [-0.3, -0.25) is 4.79 Å². The molecule has 0 spiro atoms. The summed E-state index contributed by atoms with van der Waals surface area (Å²) in [4.78, 5) is 13.4. The van der Waals surface area contributed by atoms with E-state index in [1.807, 2.05) is 0 Å². The van der Waals surface area contributed by atoms with Crippen LogP contribution in [0.4, 0.5) is 0 Å². The van der Waals surface area contributed by atoms with Crippen LogP contribution >= 0.6 is 0 Å². The number of H-pyrrole nitrogens is 1. The number of aromatic nitrogens is 1. The molecule has 58 valence electrons. The van der Waals surface area contributed by atoms with Gasteiger partial charge in [-0.25, -0.2) is 0 Å². The summed E-state index contributed by atoms with van der Waals surface area (Å²) in [6.07, 6.45) is 1.57. The third-order valence-electron chi connectivity index (χ3n) is 1.40. The Morgan fingerprint density at radius 2 is 2.36 bits per heavy atom. The standard InChI is InChI=1S/C8H10N2O/c1-2-6(9)7-4-3-5-8(11)10-7/h2-6H,1,9H2,(H,10,11). The number of nitrogens with one attached hydrogen (secondary N) is 1. The van der Waals surface area contributed by atoms with E-state index in [1.165, 1.54) is 6.07 Å². The molecule has 1 heterocycles. The predicted molar refractivity (Wildman–Crippen MR) is 44.2 cm³/mol. The van der Waals surface area contributed by atoms with Gasteiger partial charge in [0, 0.05) is 11.8 Å². The van der Waals surface area contributed by atoms with Crippen LogP contribution in [0.15, 0.2) is 35.6 Å². The molecule has 0 amide bonds. The highest BCUT2D eigenvalue weighted by molar-refractivity contribution is 5.12. The van der Waals surface area contributed by atoms with E-state index < -0.39 is 0 Å². The Labute approximate surface area is 64.6 Å². The number of hydrogen-bond acceptors (Lipinski definition) is 2. The molecule has 3 nitrogen and oxygen atoms in total. The van der Waals surface area contributed by atoms with Gasteiger partial charge in [0.05, 0.1) is 6.04 Å². The van der Waals surface area contributed by atoms with Crippen molar-refractivity contribution in [1.82, 2.24) is 4.98 Å². The topological polar surface area (TPSA) is 58.9 Å². The second-order valence-corrected chi connectivity index (χ2v) is 2.23. The molecule has 0 aromatic carbocycles. The van der Waals surface area contributed by atoms with Crippen LogP contribution in [0.25, 0.3) is 0 Å². The van der Waals surface area contributed by atoms with Crippen molar-refractivity contribution >= 4 is 0 Å². The summed E-state index contributed by atoms with van der Waals surface area (Å²) < 4.78 is 0. The molecule has 1 aromatic heterocycles. The van der Waals surface area contributed by atoms with Crippen LogP contribution in [0.5, 0.6) is 0 Å². The minimum Gasteiger partial charge on any atom is -0.324 e. The Bertz CT molecular complexity index is 303. The molecule has 3 heteroatoms. The molecule has 0 aliphatic heterocycles. The SMILES string of the molecule is C=CC(N)c1cccc(=O)[nH]1. The van der Waals surface area contributed by atoms with Gasteiger partial charge >= 0.3 is 0 Å². The quantitative estimate of drug-likeness (QED) is 0.605. The number of aromatic amines is 1. The van der Waals surface area contributed by atoms with Gasteiger partial charge in [-0.1, -0.05) is 12.1 Å². The molecule has 1 aromatic rings. The maximum atomic E-state index is 10.8. The summed E-state index contributed by atoms with van der Waals surface area (Å²) in [7, 11) is 0. The van der Waals surface area contributed by atoms with Crippen molar-refractivity contribution in [2.45, 2.75) is 6.04 Å². The van der Waals surface area contributed by atoms with Crippen molar-refractivity contribution in [2.24, 2.45) is 5.73 Å². The molecule has 0 fully saturated rings. The van der Waals surface area contributed by atoms with Gasteiger partial charge in [-0.2, -0.15) is 0 Å². The van der Waals surface area contributed by atoms with Crippen molar-refractivity contribution in [3.8, 4) is 0 Å². The number of nitrogens with two attached hydrogens (primary N) is 1. The zero-order valence-corrected chi connectivity index (χ0v) is 6.08. The van der Waals surface area contributed by atoms with E-state index in [0.717, 1.165) is 0 Å². The van der Waals surface area contributed by atoms with E-state index in [1.54, 1.807) is 18.2 Å². The molecule has 0 bridgehead atoms. The van der Waals surface area contributed by atoms with Crippen molar-refractivity contribution in [3.05, 3.63) is 46.9 Å². The minimum absolute atomic E-state index is 0.139. The summed E-state index contributed by atoms with van der Waals surface area (Å²) in [5.74, 6) is 0. The predicted octanol–water partition coefficient (Wildman–Crippen LogP) is 0.561. The zero-order valence-electron chi connectivity index (χ0n) is 6.08. The minimum atomic E-state index is -0.288. The lowest BCUT2D eigenvalue weighted by Gasteiger charge is -2.03. The Morgan fingerprint density at radius 1 is 1.64 bits per heavy atom. The molecule has 3 N–H and O–H groups in total.